The van der Waals surface area contributed by atoms with Crippen LogP contribution >= 0.6 is 34.5 Å². The van der Waals surface area contributed by atoms with Crippen molar-refractivity contribution in [2.24, 2.45) is 0 Å². The summed E-state index contributed by atoms with van der Waals surface area (Å²) in [4.78, 5) is 18.0. The molecule has 176 valence electrons. The minimum atomic E-state index is -0.200. The number of halogens is 2. The van der Waals surface area contributed by atoms with Crippen molar-refractivity contribution in [3.8, 4) is 11.5 Å². The number of aromatic nitrogens is 3. The van der Waals surface area contributed by atoms with E-state index in [4.69, 9.17) is 32.7 Å². The molecular formula is C26H19Cl2N3O3S. The first kappa shape index (κ1) is 23.4. The van der Waals surface area contributed by atoms with Gasteiger partial charge in [-0.05, 0) is 41.5 Å². The van der Waals surface area contributed by atoms with E-state index < -0.39 is 0 Å². The first-order valence-corrected chi connectivity index (χ1v) is 12.3. The zero-order valence-corrected chi connectivity index (χ0v) is 20.9. The molecule has 0 spiro atoms. The monoisotopic (exact) mass is 523 g/mol. The third kappa shape index (κ3) is 5.17. The van der Waals surface area contributed by atoms with Crippen LogP contribution in [0.3, 0.4) is 0 Å². The number of hydrogen-bond donors (Lipinski definition) is 0. The van der Waals surface area contributed by atoms with Crippen LogP contribution in [0.15, 0.2) is 71.5 Å². The average molecular weight is 524 g/mol. The van der Waals surface area contributed by atoms with E-state index in [-0.39, 0.29) is 12.2 Å². The molecule has 5 aromatic rings. The minimum absolute atomic E-state index is 0.200. The summed E-state index contributed by atoms with van der Waals surface area (Å²) in [6, 6.07) is 20.7. The van der Waals surface area contributed by atoms with Crippen LogP contribution in [0.25, 0.3) is 11.0 Å². The van der Waals surface area contributed by atoms with Gasteiger partial charge in [-0.15, -0.1) is 5.10 Å². The third-order valence-electron chi connectivity index (χ3n) is 5.31. The Morgan fingerprint density at radius 2 is 1.86 bits per heavy atom. The Balaban J connectivity index is 1.37. The van der Waals surface area contributed by atoms with Crippen LogP contribution in [0.5, 0.6) is 11.5 Å². The maximum atomic E-state index is 12.9. The lowest BCUT2D eigenvalue weighted by Gasteiger charge is -2.12. The van der Waals surface area contributed by atoms with Gasteiger partial charge in [0.25, 0.3) is 5.56 Å². The van der Waals surface area contributed by atoms with Crippen molar-refractivity contribution in [1.29, 1.82) is 0 Å². The summed E-state index contributed by atoms with van der Waals surface area (Å²) in [6.07, 6.45) is 2.37. The molecule has 0 aliphatic rings. The van der Waals surface area contributed by atoms with Gasteiger partial charge in [0.05, 0.1) is 11.6 Å². The summed E-state index contributed by atoms with van der Waals surface area (Å²) in [5.41, 5.74) is 2.50. The lowest BCUT2D eigenvalue weighted by molar-refractivity contribution is 0.284. The number of hydrogen-bond acceptors (Lipinski definition) is 6. The van der Waals surface area contributed by atoms with Gasteiger partial charge in [0, 0.05) is 22.0 Å². The van der Waals surface area contributed by atoms with Gasteiger partial charge in [-0.1, -0.05) is 77.0 Å². The summed E-state index contributed by atoms with van der Waals surface area (Å²) in [5, 5.41) is 5.51. The van der Waals surface area contributed by atoms with E-state index >= 15 is 0 Å². The minimum Gasteiger partial charge on any atom is -0.493 e. The molecule has 0 saturated heterocycles. The van der Waals surface area contributed by atoms with Gasteiger partial charge in [0.1, 0.15) is 6.61 Å². The molecule has 0 atom stereocenters. The quantitative estimate of drug-likeness (QED) is 0.294. The highest BCUT2D eigenvalue weighted by atomic mass is 35.5. The molecular weight excluding hydrogens is 505 g/mol. The van der Waals surface area contributed by atoms with E-state index in [2.05, 4.69) is 10.1 Å². The molecule has 0 saturated carbocycles. The first-order valence-electron chi connectivity index (χ1n) is 10.7. The molecule has 0 amide bonds. The molecule has 0 aliphatic carbocycles. The third-order valence-corrected chi connectivity index (χ3v) is 6.86. The number of methoxy groups -OCH3 is 1. The number of fused-ring (bicyclic) bond motifs is 1. The molecule has 5 rings (SSSR count). The van der Waals surface area contributed by atoms with Gasteiger partial charge in [-0.25, -0.2) is 4.98 Å². The molecule has 2 heterocycles. The Morgan fingerprint density at radius 1 is 1.03 bits per heavy atom. The van der Waals surface area contributed by atoms with Gasteiger partial charge < -0.3 is 9.47 Å². The smallest absolute Gasteiger partial charge is 0.291 e. The molecule has 9 heteroatoms. The van der Waals surface area contributed by atoms with Crippen LogP contribution in [0, 0.1) is 0 Å². The molecule has 35 heavy (non-hydrogen) atoms. The number of benzene rings is 3. The molecule has 0 bridgehead atoms. The van der Waals surface area contributed by atoms with Crippen molar-refractivity contribution in [2.45, 2.75) is 13.0 Å². The zero-order valence-electron chi connectivity index (χ0n) is 18.6. The van der Waals surface area contributed by atoms with E-state index in [0.717, 1.165) is 16.7 Å². The van der Waals surface area contributed by atoms with Gasteiger partial charge in [0.2, 0.25) is 4.96 Å². The average Bonchev–Trinajstić information content (AvgIpc) is 3.37. The Morgan fingerprint density at radius 3 is 2.60 bits per heavy atom. The topological polar surface area (TPSA) is 65.7 Å². The van der Waals surface area contributed by atoms with Gasteiger partial charge in [0.15, 0.2) is 17.3 Å². The molecule has 3 aromatic carbocycles. The fourth-order valence-corrected chi connectivity index (χ4v) is 4.96. The fourth-order valence-electron chi connectivity index (χ4n) is 3.57. The van der Waals surface area contributed by atoms with Crippen LogP contribution in [0.4, 0.5) is 0 Å². The number of nitrogens with zero attached hydrogens (tertiary/aromatic N) is 3. The summed E-state index contributed by atoms with van der Waals surface area (Å²) in [7, 11) is 1.57. The second kappa shape index (κ2) is 10.1. The summed E-state index contributed by atoms with van der Waals surface area (Å²) in [6.45, 7) is 0.263. The predicted octanol–water partition coefficient (Wildman–Crippen LogP) is 5.18. The highest BCUT2D eigenvalue weighted by Gasteiger charge is 2.12. The summed E-state index contributed by atoms with van der Waals surface area (Å²) in [5.74, 6) is 1.72. The van der Waals surface area contributed by atoms with Crippen molar-refractivity contribution < 1.29 is 9.47 Å². The van der Waals surface area contributed by atoms with Crippen molar-refractivity contribution in [3.63, 3.8) is 0 Å². The number of ether oxygens (including phenoxy) is 2. The Bertz CT molecular complexity index is 1620. The zero-order chi connectivity index (χ0) is 24.4. The Kier molecular flexibility index (Phi) is 6.72. The van der Waals surface area contributed by atoms with Gasteiger partial charge in [-0.3, -0.25) is 4.79 Å². The molecule has 6 nitrogen and oxygen atoms in total. The van der Waals surface area contributed by atoms with Crippen molar-refractivity contribution in [1.82, 2.24) is 14.6 Å². The lowest BCUT2D eigenvalue weighted by Crippen LogP contribution is -2.23. The standard InChI is InChI=1S/C26H19Cl2N3O3S/c1-33-22-11-17(7-10-21(22)34-15-18-8-9-19(27)14-20(18)28)12-23-25(32)31-26(35-23)29-24(30-31)13-16-5-3-2-4-6-16/h2-12,14H,13,15H2,1H3/b23-12-. The maximum absolute atomic E-state index is 12.9. The highest BCUT2D eigenvalue weighted by Crippen LogP contribution is 2.30. The van der Waals surface area contributed by atoms with Crippen LogP contribution in [0.2, 0.25) is 10.0 Å². The highest BCUT2D eigenvalue weighted by molar-refractivity contribution is 7.15. The van der Waals surface area contributed by atoms with Crippen molar-refractivity contribution in [2.75, 3.05) is 7.11 Å². The Labute approximate surface area is 215 Å². The van der Waals surface area contributed by atoms with Crippen LogP contribution in [-0.2, 0) is 13.0 Å². The maximum Gasteiger partial charge on any atom is 0.291 e. The molecule has 0 unspecified atom stereocenters. The van der Waals surface area contributed by atoms with E-state index in [0.29, 0.717) is 43.3 Å². The molecule has 2 aromatic heterocycles. The van der Waals surface area contributed by atoms with E-state index in [9.17, 15) is 4.79 Å². The summed E-state index contributed by atoms with van der Waals surface area (Å²) < 4.78 is 13.3. The second-order valence-corrected chi connectivity index (χ2v) is 9.59. The van der Waals surface area contributed by atoms with E-state index in [1.54, 1.807) is 31.4 Å². The normalized spacial score (nSPS) is 11.8. The fraction of sp³-hybridized carbons (Fsp3) is 0.115. The first-order chi connectivity index (χ1) is 17.0. The van der Waals surface area contributed by atoms with E-state index in [1.807, 2.05) is 48.5 Å². The van der Waals surface area contributed by atoms with Gasteiger partial charge >= 0.3 is 0 Å². The number of rotatable bonds is 7. The van der Waals surface area contributed by atoms with Crippen LogP contribution in [-0.4, -0.2) is 21.7 Å². The number of thiazole rings is 1. The second-order valence-electron chi connectivity index (χ2n) is 7.74. The van der Waals surface area contributed by atoms with Crippen LogP contribution < -0.4 is 19.6 Å². The van der Waals surface area contributed by atoms with Crippen molar-refractivity contribution in [3.05, 3.63) is 114 Å². The Hall–Kier alpha value is -3.39. The largest absolute Gasteiger partial charge is 0.493 e. The van der Waals surface area contributed by atoms with Gasteiger partial charge in [-0.2, -0.15) is 4.52 Å². The molecule has 0 radical (unpaired) electrons. The SMILES string of the molecule is COc1cc(/C=c2\sc3nc(Cc4ccccc4)nn3c2=O)ccc1OCc1ccc(Cl)cc1Cl. The molecule has 0 fully saturated rings. The lowest BCUT2D eigenvalue weighted by atomic mass is 10.1. The molecule has 0 N–H and O–H groups in total. The van der Waals surface area contributed by atoms with E-state index in [1.165, 1.54) is 15.9 Å². The summed E-state index contributed by atoms with van der Waals surface area (Å²) >= 11 is 13.5. The van der Waals surface area contributed by atoms with Crippen molar-refractivity contribution >= 4 is 45.6 Å². The predicted molar refractivity (Wildman–Crippen MR) is 139 cm³/mol. The molecule has 0 aliphatic heterocycles. The van der Waals surface area contributed by atoms with Crippen LogP contribution in [0.1, 0.15) is 22.5 Å².